The van der Waals surface area contributed by atoms with Gasteiger partial charge in [0.25, 0.3) is 11.6 Å². The highest BCUT2D eigenvalue weighted by molar-refractivity contribution is 9.11. The second-order valence-corrected chi connectivity index (χ2v) is 9.06. The van der Waals surface area contributed by atoms with Crippen LogP contribution >= 0.6 is 31.9 Å². The van der Waals surface area contributed by atoms with E-state index in [1.807, 2.05) is 37.3 Å². The van der Waals surface area contributed by atoms with Crippen LogP contribution in [0.5, 0.6) is 11.5 Å². The number of amides is 1. The molecule has 0 unspecified atom stereocenters. The summed E-state index contributed by atoms with van der Waals surface area (Å²) in [5.41, 5.74) is 2.06. The van der Waals surface area contributed by atoms with E-state index in [1.54, 1.807) is 12.1 Å². The molecule has 3 rings (SSSR count). The van der Waals surface area contributed by atoms with Gasteiger partial charge in [0.05, 0.1) is 27.0 Å². The number of benzene rings is 3. The summed E-state index contributed by atoms with van der Waals surface area (Å²) in [4.78, 5) is 23.4. The van der Waals surface area contributed by atoms with Crippen molar-refractivity contribution in [2.24, 2.45) is 0 Å². The number of anilines is 1. The fourth-order valence-electron chi connectivity index (χ4n) is 3.16. The van der Waals surface area contributed by atoms with Gasteiger partial charge in [-0.3, -0.25) is 14.9 Å². The lowest BCUT2D eigenvalue weighted by Gasteiger charge is -2.12. The Morgan fingerprint density at radius 2 is 1.89 bits per heavy atom. The van der Waals surface area contributed by atoms with Crippen LogP contribution in [0.4, 0.5) is 11.4 Å². The Labute approximate surface area is 218 Å². The molecule has 0 aliphatic rings. The van der Waals surface area contributed by atoms with Crippen molar-refractivity contribution in [2.75, 3.05) is 12.4 Å². The van der Waals surface area contributed by atoms with E-state index in [0.29, 0.717) is 26.9 Å². The maximum Gasteiger partial charge on any atom is 0.296 e. The van der Waals surface area contributed by atoms with Crippen molar-refractivity contribution in [1.29, 1.82) is 5.26 Å². The maximum absolute atomic E-state index is 12.7. The van der Waals surface area contributed by atoms with Crippen molar-refractivity contribution in [3.8, 4) is 17.6 Å². The van der Waals surface area contributed by atoms with Crippen LogP contribution < -0.4 is 14.8 Å². The van der Waals surface area contributed by atoms with Crippen molar-refractivity contribution in [2.45, 2.75) is 13.5 Å². The molecule has 0 atom stereocenters. The minimum absolute atomic E-state index is 0.0517. The number of halogens is 2. The molecule has 0 spiro atoms. The van der Waals surface area contributed by atoms with Crippen molar-refractivity contribution in [1.82, 2.24) is 0 Å². The number of carbonyl (C=O) groups is 1. The van der Waals surface area contributed by atoms with E-state index >= 15 is 0 Å². The summed E-state index contributed by atoms with van der Waals surface area (Å²) in [5.74, 6) is 0.0541. The van der Waals surface area contributed by atoms with Crippen LogP contribution in [-0.2, 0) is 11.4 Å². The van der Waals surface area contributed by atoms with E-state index in [4.69, 9.17) is 9.47 Å². The predicted molar refractivity (Wildman–Crippen MR) is 139 cm³/mol. The number of carbonyl (C=O) groups excluding carboxylic acids is 1. The standard InChI is InChI=1S/C25H19Br2N3O5/c1-15-4-3-5-16(8-15)14-35-24-20(26)10-17(11-21(24)27)9-18(13-28)25(31)29-22-7-6-19(34-2)12-23(22)30(32)33/h3-12H,14H2,1-2H3,(H,29,31)/b18-9+. The smallest absolute Gasteiger partial charge is 0.296 e. The van der Waals surface area contributed by atoms with E-state index in [-0.39, 0.29) is 22.7 Å². The van der Waals surface area contributed by atoms with Gasteiger partial charge in [-0.2, -0.15) is 5.26 Å². The second kappa shape index (κ2) is 11.6. The molecule has 0 fully saturated rings. The monoisotopic (exact) mass is 599 g/mol. The number of rotatable bonds is 8. The summed E-state index contributed by atoms with van der Waals surface area (Å²) < 4.78 is 12.2. The average molecular weight is 601 g/mol. The molecular formula is C25H19Br2N3O5. The lowest BCUT2D eigenvalue weighted by atomic mass is 10.1. The Hall–Kier alpha value is -3.68. The quantitative estimate of drug-likeness (QED) is 0.135. The lowest BCUT2D eigenvalue weighted by Crippen LogP contribution is -2.14. The highest BCUT2D eigenvalue weighted by atomic mass is 79.9. The molecule has 0 aliphatic heterocycles. The number of hydrogen-bond acceptors (Lipinski definition) is 6. The molecule has 3 aromatic carbocycles. The average Bonchev–Trinajstić information content (AvgIpc) is 2.82. The number of nitrogens with zero attached hydrogens (tertiary/aromatic N) is 2. The van der Waals surface area contributed by atoms with Gasteiger partial charge in [0.15, 0.2) is 0 Å². The highest BCUT2D eigenvalue weighted by Gasteiger charge is 2.19. The minimum atomic E-state index is -0.784. The lowest BCUT2D eigenvalue weighted by molar-refractivity contribution is -0.384. The molecule has 0 aliphatic carbocycles. The third-order valence-corrected chi connectivity index (χ3v) is 5.99. The van der Waals surface area contributed by atoms with Crippen LogP contribution in [0.15, 0.2) is 69.1 Å². The van der Waals surface area contributed by atoms with E-state index < -0.39 is 10.8 Å². The van der Waals surface area contributed by atoms with Gasteiger partial charge in [0.2, 0.25) is 0 Å². The summed E-state index contributed by atoms with van der Waals surface area (Å²) in [6.45, 7) is 2.37. The first kappa shape index (κ1) is 25.9. The van der Waals surface area contributed by atoms with E-state index in [2.05, 4.69) is 37.2 Å². The van der Waals surface area contributed by atoms with Gasteiger partial charge < -0.3 is 14.8 Å². The molecule has 3 aromatic rings. The summed E-state index contributed by atoms with van der Waals surface area (Å²) in [6.07, 6.45) is 1.38. The van der Waals surface area contributed by atoms with Crippen LogP contribution in [0.25, 0.3) is 6.08 Å². The summed E-state index contributed by atoms with van der Waals surface area (Å²) in [6, 6.07) is 17.2. The SMILES string of the molecule is COc1ccc(NC(=O)/C(C#N)=C/c2cc(Br)c(OCc3cccc(C)c3)c(Br)c2)c([N+](=O)[O-])c1. The first-order valence-electron chi connectivity index (χ1n) is 10.1. The zero-order valence-electron chi connectivity index (χ0n) is 18.7. The van der Waals surface area contributed by atoms with Crippen molar-refractivity contribution in [3.63, 3.8) is 0 Å². The van der Waals surface area contributed by atoms with Crippen LogP contribution in [0.2, 0.25) is 0 Å². The molecule has 1 amide bonds. The third-order valence-electron chi connectivity index (χ3n) is 4.81. The molecule has 0 heterocycles. The van der Waals surface area contributed by atoms with Gasteiger partial charge in [-0.05, 0) is 80.3 Å². The molecular weight excluding hydrogens is 582 g/mol. The van der Waals surface area contributed by atoms with Gasteiger partial charge in [-0.1, -0.05) is 29.8 Å². The van der Waals surface area contributed by atoms with Gasteiger partial charge >= 0.3 is 0 Å². The first-order valence-corrected chi connectivity index (χ1v) is 11.7. The molecule has 10 heteroatoms. The van der Waals surface area contributed by atoms with E-state index in [0.717, 1.165) is 11.1 Å². The topological polar surface area (TPSA) is 114 Å². The number of methoxy groups -OCH3 is 1. The Morgan fingerprint density at radius 3 is 2.49 bits per heavy atom. The molecule has 1 N–H and O–H groups in total. The number of nitro benzene ring substituents is 1. The van der Waals surface area contributed by atoms with E-state index in [1.165, 1.54) is 31.4 Å². The molecule has 35 heavy (non-hydrogen) atoms. The fraction of sp³-hybridized carbons (Fsp3) is 0.120. The molecule has 0 saturated heterocycles. The van der Waals surface area contributed by atoms with E-state index in [9.17, 15) is 20.2 Å². The first-order chi connectivity index (χ1) is 16.7. The van der Waals surface area contributed by atoms with Gasteiger partial charge in [-0.15, -0.1) is 0 Å². The summed E-state index contributed by atoms with van der Waals surface area (Å²) in [7, 11) is 1.38. The number of ether oxygens (including phenoxy) is 2. The van der Waals surface area contributed by atoms with Gasteiger partial charge in [0.1, 0.15) is 35.4 Å². The Morgan fingerprint density at radius 1 is 1.17 bits per heavy atom. The van der Waals surface area contributed by atoms with Gasteiger partial charge in [-0.25, -0.2) is 0 Å². The largest absolute Gasteiger partial charge is 0.496 e. The number of nitro groups is 1. The zero-order valence-corrected chi connectivity index (χ0v) is 21.8. The number of nitrogens with one attached hydrogen (secondary N) is 1. The Balaban J connectivity index is 1.81. The number of aryl methyl sites for hydroxylation is 1. The molecule has 0 bridgehead atoms. The molecule has 0 saturated carbocycles. The third kappa shape index (κ3) is 6.68. The summed E-state index contributed by atoms with van der Waals surface area (Å²) >= 11 is 6.95. The van der Waals surface area contributed by atoms with Crippen molar-refractivity contribution >= 4 is 55.2 Å². The van der Waals surface area contributed by atoms with Crippen molar-refractivity contribution in [3.05, 3.63) is 95.9 Å². The number of nitriles is 1. The normalized spacial score (nSPS) is 10.9. The van der Waals surface area contributed by atoms with Crippen LogP contribution in [-0.4, -0.2) is 17.9 Å². The van der Waals surface area contributed by atoms with Gasteiger partial charge in [0, 0.05) is 0 Å². The van der Waals surface area contributed by atoms with Crippen LogP contribution in [0, 0.1) is 28.4 Å². The molecule has 0 aromatic heterocycles. The molecule has 178 valence electrons. The highest BCUT2D eigenvalue weighted by Crippen LogP contribution is 2.36. The summed E-state index contributed by atoms with van der Waals surface area (Å²) in [5, 5.41) is 23.3. The fourth-order valence-corrected chi connectivity index (χ4v) is 4.61. The second-order valence-electron chi connectivity index (χ2n) is 7.36. The minimum Gasteiger partial charge on any atom is -0.496 e. The zero-order chi connectivity index (χ0) is 25.5. The Kier molecular flexibility index (Phi) is 8.63. The molecule has 8 nitrogen and oxygen atoms in total. The van der Waals surface area contributed by atoms with Crippen LogP contribution in [0.1, 0.15) is 16.7 Å². The maximum atomic E-state index is 12.7. The van der Waals surface area contributed by atoms with Crippen LogP contribution in [0.3, 0.4) is 0 Å². The predicted octanol–water partition coefficient (Wildman–Crippen LogP) is 6.56. The number of hydrogen-bond donors (Lipinski definition) is 1. The van der Waals surface area contributed by atoms with Crippen molar-refractivity contribution < 1.29 is 19.2 Å². The molecule has 0 radical (unpaired) electrons. The Bertz CT molecular complexity index is 1340.